The Hall–Kier alpha value is -0.820. The molecule has 0 saturated carbocycles. The second kappa shape index (κ2) is 8.31. The Morgan fingerprint density at radius 2 is 1.67 bits per heavy atom. The molecule has 1 nitrogen and oxygen atoms in total. The highest BCUT2D eigenvalue weighted by molar-refractivity contribution is 5.20. The van der Waals surface area contributed by atoms with Crippen LogP contribution in [0.3, 0.4) is 0 Å². The van der Waals surface area contributed by atoms with Crippen molar-refractivity contribution in [3.05, 3.63) is 35.9 Å². The fourth-order valence-electron chi connectivity index (χ4n) is 2.53. The van der Waals surface area contributed by atoms with Crippen molar-refractivity contribution < 1.29 is 0 Å². The van der Waals surface area contributed by atoms with Crippen LogP contribution in [0.4, 0.5) is 0 Å². The SMILES string of the molecule is CCCC(C)C(CNCC(C)C)c1ccccc1. The zero-order valence-corrected chi connectivity index (χ0v) is 12.4. The summed E-state index contributed by atoms with van der Waals surface area (Å²) in [6.07, 6.45) is 2.58. The van der Waals surface area contributed by atoms with Crippen molar-refractivity contribution in [3.63, 3.8) is 0 Å². The maximum Gasteiger partial charge on any atom is 0.00228 e. The van der Waals surface area contributed by atoms with Crippen molar-refractivity contribution in [3.8, 4) is 0 Å². The molecular weight excluding hydrogens is 218 g/mol. The van der Waals surface area contributed by atoms with Crippen molar-refractivity contribution in [1.29, 1.82) is 0 Å². The van der Waals surface area contributed by atoms with Crippen LogP contribution in [-0.2, 0) is 0 Å². The molecule has 1 rings (SSSR count). The third kappa shape index (κ3) is 5.22. The van der Waals surface area contributed by atoms with Gasteiger partial charge in [0.2, 0.25) is 0 Å². The van der Waals surface area contributed by atoms with Crippen LogP contribution in [0.1, 0.15) is 52.0 Å². The second-order valence-electron chi connectivity index (χ2n) is 5.84. The van der Waals surface area contributed by atoms with E-state index in [4.69, 9.17) is 0 Å². The van der Waals surface area contributed by atoms with E-state index in [1.165, 1.54) is 18.4 Å². The molecule has 0 saturated heterocycles. The van der Waals surface area contributed by atoms with Crippen molar-refractivity contribution in [2.24, 2.45) is 11.8 Å². The topological polar surface area (TPSA) is 12.0 Å². The molecule has 1 heteroatoms. The molecule has 0 heterocycles. The monoisotopic (exact) mass is 247 g/mol. The fourth-order valence-corrected chi connectivity index (χ4v) is 2.53. The summed E-state index contributed by atoms with van der Waals surface area (Å²) >= 11 is 0. The van der Waals surface area contributed by atoms with Crippen LogP contribution in [0.25, 0.3) is 0 Å². The van der Waals surface area contributed by atoms with Crippen molar-refractivity contribution >= 4 is 0 Å². The summed E-state index contributed by atoms with van der Waals surface area (Å²) in [5.41, 5.74) is 1.48. The highest BCUT2D eigenvalue weighted by Gasteiger charge is 2.18. The van der Waals surface area contributed by atoms with Crippen LogP contribution in [0.5, 0.6) is 0 Å². The van der Waals surface area contributed by atoms with Gasteiger partial charge in [0.1, 0.15) is 0 Å². The lowest BCUT2D eigenvalue weighted by molar-refractivity contribution is 0.394. The van der Waals surface area contributed by atoms with Gasteiger partial charge in [-0.05, 0) is 29.9 Å². The van der Waals surface area contributed by atoms with Gasteiger partial charge in [-0.2, -0.15) is 0 Å². The van der Waals surface area contributed by atoms with Gasteiger partial charge in [0.25, 0.3) is 0 Å². The lowest BCUT2D eigenvalue weighted by atomic mass is 9.84. The first kappa shape index (κ1) is 15.2. The van der Waals surface area contributed by atoms with E-state index in [1.54, 1.807) is 0 Å². The standard InChI is InChI=1S/C17H29N/c1-5-9-15(4)17(13-18-12-14(2)3)16-10-7-6-8-11-16/h6-8,10-11,14-15,17-18H,5,9,12-13H2,1-4H3. The number of hydrogen-bond donors (Lipinski definition) is 1. The number of benzene rings is 1. The van der Waals surface area contributed by atoms with Gasteiger partial charge in [-0.15, -0.1) is 0 Å². The van der Waals surface area contributed by atoms with E-state index in [-0.39, 0.29) is 0 Å². The van der Waals surface area contributed by atoms with Crippen LogP contribution in [0, 0.1) is 11.8 Å². The lowest BCUT2D eigenvalue weighted by Crippen LogP contribution is -2.28. The Labute approximate surface area is 113 Å². The van der Waals surface area contributed by atoms with E-state index < -0.39 is 0 Å². The van der Waals surface area contributed by atoms with E-state index in [1.807, 2.05) is 0 Å². The highest BCUT2D eigenvalue weighted by atomic mass is 14.9. The largest absolute Gasteiger partial charge is 0.316 e. The summed E-state index contributed by atoms with van der Waals surface area (Å²) in [7, 11) is 0. The Kier molecular flexibility index (Phi) is 7.04. The van der Waals surface area contributed by atoms with Gasteiger partial charge >= 0.3 is 0 Å². The van der Waals surface area contributed by atoms with E-state index in [2.05, 4.69) is 63.3 Å². The predicted octanol–water partition coefficient (Wildman–Crippen LogP) is 4.45. The third-order valence-electron chi connectivity index (χ3n) is 3.58. The van der Waals surface area contributed by atoms with Crippen LogP contribution >= 0.6 is 0 Å². The summed E-state index contributed by atoms with van der Waals surface area (Å²) in [5, 5.41) is 3.62. The normalized spacial score (nSPS) is 14.7. The van der Waals surface area contributed by atoms with Crippen LogP contribution in [-0.4, -0.2) is 13.1 Å². The van der Waals surface area contributed by atoms with Gasteiger partial charge in [-0.3, -0.25) is 0 Å². The molecule has 0 aliphatic carbocycles. The van der Waals surface area contributed by atoms with E-state index in [9.17, 15) is 0 Å². The number of hydrogen-bond acceptors (Lipinski definition) is 1. The van der Waals surface area contributed by atoms with Crippen molar-refractivity contribution in [1.82, 2.24) is 5.32 Å². The average molecular weight is 247 g/mol. The summed E-state index contributed by atoms with van der Waals surface area (Å²) in [6, 6.07) is 11.0. The first-order chi connectivity index (χ1) is 8.65. The molecule has 18 heavy (non-hydrogen) atoms. The van der Waals surface area contributed by atoms with Crippen molar-refractivity contribution in [2.75, 3.05) is 13.1 Å². The number of rotatable bonds is 8. The van der Waals surface area contributed by atoms with E-state index in [0.717, 1.165) is 24.9 Å². The maximum atomic E-state index is 3.62. The molecule has 0 aromatic heterocycles. The minimum absolute atomic E-state index is 0.643. The summed E-state index contributed by atoms with van der Waals surface area (Å²) < 4.78 is 0. The summed E-state index contributed by atoms with van der Waals surface area (Å²) in [5.74, 6) is 2.12. The highest BCUT2D eigenvalue weighted by Crippen LogP contribution is 2.27. The molecular formula is C17H29N. The first-order valence-electron chi connectivity index (χ1n) is 7.40. The average Bonchev–Trinajstić information content (AvgIpc) is 2.35. The third-order valence-corrected chi connectivity index (χ3v) is 3.58. The summed E-state index contributed by atoms with van der Waals surface area (Å²) in [6.45, 7) is 11.4. The minimum Gasteiger partial charge on any atom is -0.316 e. The van der Waals surface area contributed by atoms with Gasteiger partial charge in [-0.1, -0.05) is 70.9 Å². The Bertz CT molecular complexity index is 305. The molecule has 0 spiro atoms. The van der Waals surface area contributed by atoms with Crippen molar-refractivity contribution in [2.45, 2.75) is 46.5 Å². The van der Waals surface area contributed by atoms with Crippen LogP contribution < -0.4 is 5.32 Å². The zero-order chi connectivity index (χ0) is 13.4. The van der Waals surface area contributed by atoms with Gasteiger partial charge < -0.3 is 5.32 Å². The quantitative estimate of drug-likeness (QED) is 0.715. The molecule has 1 aromatic carbocycles. The Balaban J connectivity index is 2.63. The molecule has 0 radical (unpaired) electrons. The molecule has 2 atom stereocenters. The lowest BCUT2D eigenvalue weighted by Gasteiger charge is -2.25. The molecule has 0 amide bonds. The predicted molar refractivity (Wildman–Crippen MR) is 81.0 cm³/mol. The second-order valence-corrected chi connectivity index (χ2v) is 5.84. The Morgan fingerprint density at radius 1 is 1.00 bits per heavy atom. The fraction of sp³-hybridized carbons (Fsp3) is 0.647. The van der Waals surface area contributed by atoms with Crippen LogP contribution in [0.2, 0.25) is 0 Å². The molecule has 2 unspecified atom stereocenters. The smallest absolute Gasteiger partial charge is 0.00228 e. The molecule has 0 aliphatic heterocycles. The molecule has 0 fully saturated rings. The Morgan fingerprint density at radius 3 is 2.22 bits per heavy atom. The minimum atomic E-state index is 0.643. The maximum absolute atomic E-state index is 3.62. The molecule has 102 valence electrons. The molecule has 1 aromatic rings. The van der Waals surface area contributed by atoms with E-state index in [0.29, 0.717) is 5.92 Å². The first-order valence-corrected chi connectivity index (χ1v) is 7.40. The number of nitrogens with one attached hydrogen (secondary N) is 1. The zero-order valence-electron chi connectivity index (χ0n) is 12.4. The van der Waals surface area contributed by atoms with Crippen LogP contribution in [0.15, 0.2) is 30.3 Å². The molecule has 0 aliphatic rings. The van der Waals surface area contributed by atoms with E-state index >= 15 is 0 Å². The van der Waals surface area contributed by atoms with Gasteiger partial charge in [0.05, 0.1) is 0 Å². The van der Waals surface area contributed by atoms with Gasteiger partial charge in [0.15, 0.2) is 0 Å². The molecule has 0 bridgehead atoms. The molecule has 1 N–H and O–H groups in total. The summed E-state index contributed by atoms with van der Waals surface area (Å²) in [4.78, 5) is 0. The van der Waals surface area contributed by atoms with Gasteiger partial charge in [0, 0.05) is 6.54 Å². The van der Waals surface area contributed by atoms with Gasteiger partial charge in [-0.25, -0.2) is 0 Å².